The number of amides is 1. The Bertz CT molecular complexity index is 1290. The van der Waals surface area contributed by atoms with Crippen LogP contribution in [-0.2, 0) is 21.2 Å². The van der Waals surface area contributed by atoms with Crippen molar-refractivity contribution in [3.05, 3.63) is 59.2 Å². The van der Waals surface area contributed by atoms with E-state index in [-0.39, 0.29) is 12.2 Å². The van der Waals surface area contributed by atoms with Gasteiger partial charge in [0.25, 0.3) is 5.91 Å². The van der Waals surface area contributed by atoms with Gasteiger partial charge in [-0.15, -0.1) is 0 Å². The maximum atomic E-state index is 13.5. The number of carbonyl (C=O) groups is 2. The molecule has 1 unspecified atom stereocenters. The number of hydrogen-bond acceptors (Lipinski definition) is 6. The summed E-state index contributed by atoms with van der Waals surface area (Å²) in [6.07, 6.45) is 10.9. The summed E-state index contributed by atoms with van der Waals surface area (Å²) < 4.78 is 23.3. The van der Waals surface area contributed by atoms with Crippen molar-refractivity contribution in [3.63, 3.8) is 0 Å². The fourth-order valence-electron chi connectivity index (χ4n) is 5.73. The van der Waals surface area contributed by atoms with Crippen LogP contribution in [0.4, 0.5) is 0 Å². The molecule has 2 aromatic carbocycles. The van der Waals surface area contributed by atoms with Gasteiger partial charge < -0.3 is 10.4 Å². The SMILES string of the molecule is CCCCN(C)N(CCC1CCCCC1)Cc1ccc(C(=O)NC(CCS(C)(=O)=O)C(=O)O)c(-c2ccccc2C)c1. The van der Waals surface area contributed by atoms with E-state index in [4.69, 9.17) is 0 Å². The molecule has 0 heterocycles. The smallest absolute Gasteiger partial charge is 0.326 e. The molecule has 0 bridgehead atoms. The van der Waals surface area contributed by atoms with Gasteiger partial charge in [0.15, 0.2) is 0 Å². The van der Waals surface area contributed by atoms with Crippen molar-refractivity contribution < 1.29 is 23.1 Å². The Morgan fingerprint density at radius 3 is 2.40 bits per heavy atom. The molecule has 42 heavy (non-hydrogen) atoms. The normalized spacial score (nSPS) is 15.2. The highest BCUT2D eigenvalue weighted by molar-refractivity contribution is 7.90. The standard InChI is InChI=1S/C33H49N3O5S/c1-5-6-20-35(3)36(21-18-26-13-8-7-9-14-26)24-27-16-17-29(30(23-27)28-15-11-10-12-25(28)2)32(37)34-31(33(38)39)19-22-42(4,40)41/h10-12,15-17,23,26,31H,5-9,13-14,18-22,24H2,1-4H3,(H,34,37)(H,38,39). The molecule has 3 rings (SSSR count). The number of nitrogens with zero attached hydrogens (tertiary/aromatic N) is 2. The Kier molecular flexibility index (Phi) is 13.0. The summed E-state index contributed by atoms with van der Waals surface area (Å²) in [4.78, 5) is 25.3. The molecule has 1 atom stereocenters. The van der Waals surface area contributed by atoms with Crippen LogP contribution >= 0.6 is 0 Å². The Morgan fingerprint density at radius 1 is 1.05 bits per heavy atom. The predicted molar refractivity (Wildman–Crippen MR) is 169 cm³/mol. The van der Waals surface area contributed by atoms with Crippen LogP contribution in [0.5, 0.6) is 0 Å². The van der Waals surface area contributed by atoms with Gasteiger partial charge in [0.05, 0.1) is 5.75 Å². The minimum Gasteiger partial charge on any atom is -0.480 e. The van der Waals surface area contributed by atoms with Crippen molar-refractivity contribution in [1.29, 1.82) is 0 Å². The van der Waals surface area contributed by atoms with E-state index in [2.05, 4.69) is 29.3 Å². The largest absolute Gasteiger partial charge is 0.480 e. The molecule has 232 valence electrons. The molecule has 1 aliphatic rings. The predicted octanol–water partition coefficient (Wildman–Crippen LogP) is 5.70. The van der Waals surface area contributed by atoms with Crippen LogP contribution in [0.3, 0.4) is 0 Å². The Labute approximate surface area is 252 Å². The van der Waals surface area contributed by atoms with Crippen LogP contribution in [0.25, 0.3) is 11.1 Å². The van der Waals surface area contributed by atoms with Crippen molar-refractivity contribution in [3.8, 4) is 11.1 Å². The second-order valence-electron chi connectivity index (χ2n) is 11.9. The molecule has 1 aliphatic carbocycles. The first kappa shape index (κ1) is 33.7. The van der Waals surface area contributed by atoms with Crippen LogP contribution in [0.1, 0.15) is 86.2 Å². The fourth-order valence-corrected chi connectivity index (χ4v) is 6.39. The molecular weight excluding hydrogens is 550 g/mol. The molecular formula is C33H49N3O5S. The van der Waals surface area contributed by atoms with Gasteiger partial charge in [-0.1, -0.05) is 75.8 Å². The zero-order valence-electron chi connectivity index (χ0n) is 25.8. The summed E-state index contributed by atoms with van der Waals surface area (Å²) in [5, 5.41) is 17.0. The number of benzene rings is 2. The molecule has 1 fully saturated rings. The fraction of sp³-hybridized carbons (Fsp3) is 0.576. The Morgan fingerprint density at radius 2 is 1.76 bits per heavy atom. The van der Waals surface area contributed by atoms with Gasteiger partial charge in [0, 0.05) is 38.5 Å². The average Bonchev–Trinajstić information content (AvgIpc) is 2.96. The van der Waals surface area contributed by atoms with Gasteiger partial charge in [-0.2, -0.15) is 0 Å². The minimum absolute atomic E-state index is 0.197. The number of carboxylic acid groups (broad SMARTS) is 1. The second-order valence-corrected chi connectivity index (χ2v) is 14.2. The van der Waals surface area contributed by atoms with Crippen molar-refractivity contribution in [2.24, 2.45) is 5.92 Å². The first-order valence-corrected chi connectivity index (χ1v) is 17.4. The summed E-state index contributed by atoms with van der Waals surface area (Å²) in [6.45, 7) is 6.86. The molecule has 2 aromatic rings. The van der Waals surface area contributed by atoms with Gasteiger partial charge in [-0.05, 0) is 66.5 Å². The van der Waals surface area contributed by atoms with Crippen molar-refractivity contribution in [2.75, 3.05) is 32.1 Å². The van der Waals surface area contributed by atoms with E-state index < -0.39 is 27.8 Å². The van der Waals surface area contributed by atoms with E-state index in [1.807, 2.05) is 43.3 Å². The third-order valence-corrected chi connectivity index (χ3v) is 9.33. The Hall–Kier alpha value is -2.75. The maximum absolute atomic E-state index is 13.5. The van der Waals surface area contributed by atoms with Crippen molar-refractivity contribution in [1.82, 2.24) is 15.3 Å². The van der Waals surface area contributed by atoms with Crippen LogP contribution in [-0.4, -0.2) is 73.6 Å². The number of carboxylic acids is 1. The van der Waals surface area contributed by atoms with Gasteiger partial charge in [0.1, 0.15) is 15.9 Å². The lowest BCUT2D eigenvalue weighted by molar-refractivity contribution is -0.139. The van der Waals surface area contributed by atoms with Crippen molar-refractivity contribution >= 4 is 21.7 Å². The van der Waals surface area contributed by atoms with Crippen LogP contribution in [0.2, 0.25) is 0 Å². The number of aliphatic carboxylic acids is 1. The summed E-state index contributed by atoms with van der Waals surface area (Å²) in [7, 11) is -1.22. The monoisotopic (exact) mass is 599 g/mol. The lowest BCUT2D eigenvalue weighted by Crippen LogP contribution is -2.42. The number of rotatable bonds is 16. The van der Waals surface area contributed by atoms with Crippen LogP contribution in [0.15, 0.2) is 42.5 Å². The molecule has 0 aliphatic heterocycles. The number of hydrogen-bond donors (Lipinski definition) is 2. The second kappa shape index (κ2) is 16.2. The summed E-state index contributed by atoms with van der Waals surface area (Å²) in [5.74, 6) is -1.34. The Balaban J connectivity index is 1.90. The molecule has 0 saturated heterocycles. The summed E-state index contributed by atoms with van der Waals surface area (Å²) >= 11 is 0. The van der Waals surface area contributed by atoms with Gasteiger partial charge in [-0.3, -0.25) is 4.79 Å². The first-order chi connectivity index (χ1) is 20.0. The lowest BCUT2D eigenvalue weighted by atomic mass is 9.87. The molecule has 1 amide bonds. The summed E-state index contributed by atoms with van der Waals surface area (Å²) in [6, 6.07) is 12.3. The molecule has 9 heteroatoms. The number of aryl methyl sites for hydroxylation is 1. The number of sulfone groups is 1. The molecule has 0 spiro atoms. The van der Waals surface area contributed by atoms with Gasteiger partial charge in [0.2, 0.25) is 0 Å². The number of carbonyl (C=O) groups excluding carboxylic acids is 1. The molecule has 2 N–H and O–H groups in total. The van der Waals surface area contributed by atoms with Gasteiger partial charge >= 0.3 is 5.97 Å². The maximum Gasteiger partial charge on any atom is 0.326 e. The number of unbranched alkanes of at least 4 members (excludes halogenated alkanes) is 1. The first-order valence-electron chi connectivity index (χ1n) is 15.3. The van der Waals surface area contributed by atoms with E-state index >= 15 is 0 Å². The summed E-state index contributed by atoms with van der Waals surface area (Å²) in [5.41, 5.74) is 4.08. The highest BCUT2D eigenvalue weighted by Gasteiger charge is 2.25. The quantitative estimate of drug-likeness (QED) is 0.239. The van der Waals surface area contributed by atoms with E-state index in [1.54, 1.807) is 6.07 Å². The highest BCUT2D eigenvalue weighted by Crippen LogP contribution is 2.30. The van der Waals surface area contributed by atoms with Crippen LogP contribution in [0, 0.1) is 12.8 Å². The zero-order chi connectivity index (χ0) is 30.7. The third kappa shape index (κ3) is 10.5. The van der Waals surface area contributed by atoms with E-state index in [0.29, 0.717) is 12.1 Å². The lowest BCUT2D eigenvalue weighted by Gasteiger charge is -2.34. The number of hydrazine groups is 1. The van der Waals surface area contributed by atoms with E-state index in [9.17, 15) is 23.1 Å². The minimum atomic E-state index is -3.38. The average molecular weight is 600 g/mol. The van der Waals surface area contributed by atoms with E-state index in [1.165, 1.54) is 38.5 Å². The molecule has 0 radical (unpaired) electrons. The topological polar surface area (TPSA) is 107 Å². The van der Waals surface area contributed by atoms with Gasteiger partial charge in [-0.25, -0.2) is 23.2 Å². The van der Waals surface area contributed by atoms with E-state index in [0.717, 1.165) is 60.4 Å². The van der Waals surface area contributed by atoms with Crippen LogP contribution < -0.4 is 5.32 Å². The molecule has 8 nitrogen and oxygen atoms in total. The number of nitrogens with one attached hydrogen (secondary N) is 1. The highest BCUT2D eigenvalue weighted by atomic mass is 32.2. The van der Waals surface area contributed by atoms with Crippen molar-refractivity contribution in [2.45, 2.75) is 84.2 Å². The molecule has 0 aromatic heterocycles. The molecule has 1 saturated carbocycles. The third-order valence-electron chi connectivity index (χ3n) is 8.35. The zero-order valence-corrected chi connectivity index (χ0v) is 26.6.